The summed E-state index contributed by atoms with van der Waals surface area (Å²) < 4.78 is 26.3. The van der Waals surface area contributed by atoms with Crippen LogP contribution in [-0.4, -0.2) is 51.0 Å². The Kier molecular flexibility index (Phi) is 8.95. The zero-order valence-electron chi connectivity index (χ0n) is 18.4. The van der Waals surface area contributed by atoms with E-state index in [0.717, 1.165) is 16.1 Å². The molecule has 0 saturated heterocycles. The molecular formula is C22H27Cl2N3O4S. The molecule has 0 aliphatic heterocycles. The van der Waals surface area contributed by atoms with Gasteiger partial charge in [0, 0.05) is 23.6 Å². The average Bonchev–Trinajstić information content (AvgIpc) is 2.75. The molecule has 2 aromatic carbocycles. The fourth-order valence-electron chi connectivity index (χ4n) is 3.27. The first-order valence-electron chi connectivity index (χ1n) is 10.00. The first kappa shape index (κ1) is 26.0. The van der Waals surface area contributed by atoms with Gasteiger partial charge in [-0.15, -0.1) is 0 Å². The van der Waals surface area contributed by atoms with Crippen molar-refractivity contribution in [1.82, 2.24) is 10.2 Å². The van der Waals surface area contributed by atoms with Gasteiger partial charge in [-0.1, -0.05) is 54.4 Å². The van der Waals surface area contributed by atoms with Gasteiger partial charge in [-0.2, -0.15) is 0 Å². The van der Waals surface area contributed by atoms with E-state index in [-0.39, 0.29) is 12.5 Å². The van der Waals surface area contributed by atoms with E-state index < -0.39 is 28.5 Å². The Morgan fingerprint density at radius 2 is 1.75 bits per heavy atom. The van der Waals surface area contributed by atoms with Crippen LogP contribution in [0, 0.1) is 0 Å². The first-order valence-corrected chi connectivity index (χ1v) is 12.6. The van der Waals surface area contributed by atoms with Gasteiger partial charge in [-0.3, -0.25) is 13.9 Å². The molecular weight excluding hydrogens is 473 g/mol. The van der Waals surface area contributed by atoms with E-state index in [1.54, 1.807) is 37.3 Å². The largest absolute Gasteiger partial charge is 0.357 e. The van der Waals surface area contributed by atoms with Gasteiger partial charge in [-0.25, -0.2) is 8.42 Å². The van der Waals surface area contributed by atoms with Crippen molar-refractivity contribution in [3.63, 3.8) is 0 Å². The highest BCUT2D eigenvalue weighted by molar-refractivity contribution is 7.92. The molecule has 1 N–H and O–H groups in total. The molecule has 0 aromatic heterocycles. The lowest BCUT2D eigenvalue weighted by molar-refractivity contribution is -0.139. The number of sulfonamides is 1. The molecule has 0 fully saturated rings. The summed E-state index contributed by atoms with van der Waals surface area (Å²) in [5.41, 5.74) is 1.81. The van der Waals surface area contributed by atoms with Crippen molar-refractivity contribution in [2.75, 3.05) is 24.2 Å². The van der Waals surface area contributed by atoms with Crippen molar-refractivity contribution in [2.24, 2.45) is 0 Å². The number of halogens is 2. The third kappa shape index (κ3) is 6.37. The van der Waals surface area contributed by atoms with E-state index in [4.69, 9.17) is 23.2 Å². The number of anilines is 1. The van der Waals surface area contributed by atoms with Crippen molar-refractivity contribution in [3.05, 3.63) is 63.6 Å². The van der Waals surface area contributed by atoms with E-state index >= 15 is 0 Å². The number of amides is 2. The third-order valence-electron chi connectivity index (χ3n) is 5.09. The second-order valence-corrected chi connectivity index (χ2v) is 10.0. The van der Waals surface area contributed by atoms with Crippen LogP contribution in [-0.2, 0) is 32.6 Å². The monoisotopic (exact) mass is 499 g/mol. The Morgan fingerprint density at radius 1 is 1.09 bits per heavy atom. The molecule has 0 saturated carbocycles. The van der Waals surface area contributed by atoms with Gasteiger partial charge < -0.3 is 10.2 Å². The number of benzene rings is 2. The van der Waals surface area contributed by atoms with Crippen molar-refractivity contribution in [1.29, 1.82) is 0 Å². The van der Waals surface area contributed by atoms with Crippen LogP contribution in [0.3, 0.4) is 0 Å². The molecule has 0 unspecified atom stereocenters. The van der Waals surface area contributed by atoms with Crippen LogP contribution >= 0.6 is 23.2 Å². The number of nitrogens with zero attached hydrogens (tertiary/aromatic N) is 2. The molecule has 0 aliphatic rings. The minimum absolute atomic E-state index is 0.0104. The van der Waals surface area contributed by atoms with Crippen molar-refractivity contribution in [2.45, 2.75) is 32.9 Å². The Morgan fingerprint density at radius 3 is 2.31 bits per heavy atom. The van der Waals surface area contributed by atoms with E-state index in [9.17, 15) is 18.0 Å². The predicted molar refractivity (Wildman–Crippen MR) is 129 cm³/mol. The fraction of sp³-hybridized carbons (Fsp3) is 0.364. The fourth-order valence-corrected chi connectivity index (χ4v) is 4.62. The normalized spacial score (nSPS) is 12.2. The summed E-state index contributed by atoms with van der Waals surface area (Å²) in [6.07, 6.45) is 1.64. The number of carbonyl (C=O) groups excluding carboxylic acids is 2. The number of hydrogen-bond acceptors (Lipinski definition) is 4. The molecule has 32 heavy (non-hydrogen) atoms. The summed E-state index contributed by atoms with van der Waals surface area (Å²) in [5.74, 6) is -0.924. The Balaban J connectivity index is 2.45. The van der Waals surface area contributed by atoms with Crippen LogP contribution in [0.5, 0.6) is 0 Å². The number of aryl methyl sites for hydroxylation is 1. The average molecular weight is 500 g/mol. The molecule has 0 bridgehead atoms. The van der Waals surface area contributed by atoms with Gasteiger partial charge in [0.05, 0.1) is 11.9 Å². The van der Waals surface area contributed by atoms with Gasteiger partial charge in [0.2, 0.25) is 21.8 Å². The minimum atomic E-state index is -3.78. The molecule has 0 heterocycles. The maximum atomic E-state index is 13.4. The van der Waals surface area contributed by atoms with Gasteiger partial charge in [0.1, 0.15) is 12.6 Å². The van der Waals surface area contributed by atoms with Gasteiger partial charge in [0.25, 0.3) is 0 Å². The Hall–Kier alpha value is -2.29. The molecule has 0 aliphatic carbocycles. The molecule has 0 spiro atoms. The van der Waals surface area contributed by atoms with E-state index in [2.05, 4.69) is 5.32 Å². The quantitative estimate of drug-likeness (QED) is 0.571. The summed E-state index contributed by atoms with van der Waals surface area (Å²) >= 11 is 12.2. The van der Waals surface area contributed by atoms with Crippen LogP contribution in [0.15, 0.2) is 42.5 Å². The van der Waals surface area contributed by atoms with Crippen LogP contribution in [0.2, 0.25) is 10.0 Å². The summed E-state index contributed by atoms with van der Waals surface area (Å²) in [6.45, 7) is 3.04. The lowest BCUT2D eigenvalue weighted by Gasteiger charge is -2.32. The molecule has 174 valence electrons. The second-order valence-electron chi connectivity index (χ2n) is 7.30. The first-order chi connectivity index (χ1) is 15.0. The van der Waals surface area contributed by atoms with Crippen LogP contribution in [0.4, 0.5) is 5.69 Å². The van der Waals surface area contributed by atoms with Crippen molar-refractivity contribution < 1.29 is 18.0 Å². The Bertz CT molecular complexity index is 1090. The zero-order chi connectivity index (χ0) is 24.1. The highest BCUT2D eigenvalue weighted by Crippen LogP contribution is 2.26. The number of likely N-dealkylation sites (N-methyl/N-ethyl adjacent to an activating group) is 1. The molecule has 0 radical (unpaired) electrons. The minimum Gasteiger partial charge on any atom is -0.357 e. The lowest BCUT2D eigenvalue weighted by Crippen LogP contribution is -2.50. The summed E-state index contributed by atoms with van der Waals surface area (Å²) in [4.78, 5) is 27.0. The van der Waals surface area contributed by atoms with Crippen LogP contribution in [0.25, 0.3) is 0 Å². The second kappa shape index (κ2) is 11.0. The number of para-hydroxylation sites is 1. The van der Waals surface area contributed by atoms with Crippen molar-refractivity contribution >= 4 is 50.7 Å². The SMILES string of the molecule is CCc1ccccc1N(CC(=O)N(Cc1ccc(Cl)cc1Cl)[C@H](C)C(=O)NC)S(C)(=O)=O. The molecule has 2 rings (SSSR count). The molecule has 7 nitrogen and oxygen atoms in total. The number of nitrogens with one attached hydrogen (secondary N) is 1. The zero-order valence-corrected chi connectivity index (χ0v) is 20.8. The standard InChI is InChI=1S/C22H27Cl2N3O4S/c1-5-16-8-6-7-9-20(16)27(32(4,30)31)14-21(28)26(15(2)22(29)25-3)13-17-10-11-18(23)12-19(17)24/h6-12,15H,5,13-14H2,1-4H3,(H,25,29)/t15-/m1/s1. The van der Waals surface area contributed by atoms with Crippen molar-refractivity contribution in [3.8, 4) is 0 Å². The lowest BCUT2D eigenvalue weighted by atomic mass is 10.1. The van der Waals surface area contributed by atoms with Crippen LogP contribution in [0.1, 0.15) is 25.0 Å². The van der Waals surface area contributed by atoms with Gasteiger partial charge in [-0.05, 0) is 42.7 Å². The van der Waals surface area contributed by atoms with E-state index in [0.29, 0.717) is 27.7 Å². The van der Waals surface area contributed by atoms with E-state index in [1.165, 1.54) is 11.9 Å². The molecule has 1 atom stereocenters. The van der Waals surface area contributed by atoms with E-state index in [1.807, 2.05) is 19.1 Å². The highest BCUT2D eigenvalue weighted by atomic mass is 35.5. The maximum absolute atomic E-state index is 13.4. The number of rotatable bonds is 9. The van der Waals surface area contributed by atoms with Gasteiger partial charge in [0.15, 0.2) is 0 Å². The maximum Gasteiger partial charge on any atom is 0.244 e. The molecule has 2 aromatic rings. The summed E-state index contributed by atoms with van der Waals surface area (Å²) in [5, 5.41) is 3.31. The molecule has 2 amide bonds. The number of hydrogen-bond donors (Lipinski definition) is 1. The molecule has 10 heteroatoms. The predicted octanol–water partition coefficient (Wildman–Crippen LogP) is 3.49. The highest BCUT2D eigenvalue weighted by Gasteiger charge is 2.30. The topological polar surface area (TPSA) is 86.8 Å². The Labute approximate surface area is 199 Å². The van der Waals surface area contributed by atoms with Crippen LogP contribution < -0.4 is 9.62 Å². The summed E-state index contributed by atoms with van der Waals surface area (Å²) in [7, 11) is -2.31. The number of carbonyl (C=O) groups is 2. The van der Waals surface area contributed by atoms with Gasteiger partial charge >= 0.3 is 0 Å². The third-order valence-corrected chi connectivity index (χ3v) is 6.80. The summed E-state index contributed by atoms with van der Waals surface area (Å²) in [6, 6.07) is 11.0. The smallest absolute Gasteiger partial charge is 0.244 e.